The van der Waals surface area contributed by atoms with Crippen molar-refractivity contribution >= 4 is 11.6 Å². The van der Waals surface area contributed by atoms with E-state index < -0.39 is 0 Å². The number of carbonyl (C=O) groups excluding carboxylic acids is 1. The van der Waals surface area contributed by atoms with Gasteiger partial charge in [-0.3, -0.25) is 9.78 Å². The molecule has 0 unspecified atom stereocenters. The number of carbonyl (C=O) groups is 1. The fourth-order valence-electron chi connectivity index (χ4n) is 1.58. The molecule has 0 atom stereocenters. The Bertz CT molecular complexity index is 549. The summed E-state index contributed by atoms with van der Waals surface area (Å²) in [4.78, 5) is 16.0. The second-order valence-electron chi connectivity index (χ2n) is 4.01. The van der Waals surface area contributed by atoms with Crippen LogP contribution in [0.25, 0.3) is 0 Å². The van der Waals surface area contributed by atoms with Crippen molar-refractivity contribution in [2.75, 3.05) is 5.32 Å². The van der Waals surface area contributed by atoms with E-state index in [9.17, 15) is 4.79 Å². The van der Waals surface area contributed by atoms with Crippen molar-refractivity contribution in [2.45, 2.75) is 13.8 Å². The number of aryl methyl sites for hydroxylation is 2. The molecule has 0 aliphatic carbocycles. The standard InChI is InChI=1S/C14H14N2O/c1-10-4-3-5-12(8-10)14(17)16-13-9-15-7-6-11(13)2/h3-9H,1-2H3,(H,16,17). The van der Waals surface area contributed by atoms with Crippen LogP contribution in [0.2, 0.25) is 0 Å². The minimum absolute atomic E-state index is 0.107. The second-order valence-corrected chi connectivity index (χ2v) is 4.01. The maximum absolute atomic E-state index is 12.0. The average molecular weight is 226 g/mol. The van der Waals surface area contributed by atoms with Gasteiger partial charge in [-0.05, 0) is 37.6 Å². The lowest BCUT2D eigenvalue weighted by Crippen LogP contribution is -2.12. The molecule has 0 saturated heterocycles. The third kappa shape index (κ3) is 2.69. The first-order valence-electron chi connectivity index (χ1n) is 5.45. The Morgan fingerprint density at radius 2 is 2.06 bits per heavy atom. The predicted molar refractivity (Wildman–Crippen MR) is 68.1 cm³/mol. The normalized spacial score (nSPS) is 10.0. The van der Waals surface area contributed by atoms with E-state index in [1.807, 2.05) is 38.1 Å². The minimum atomic E-state index is -0.107. The third-order valence-corrected chi connectivity index (χ3v) is 2.57. The molecule has 0 fully saturated rings. The van der Waals surface area contributed by atoms with Crippen LogP contribution in [0.5, 0.6) is 0 Å². The van der Waals surface area contributed by atoms with Gasteiger partial charge < -0.3 is 5.32 Å². The van der Waals surface area contributed by atoms with Gasteiger partial charge in [0.25, 0.3) is 5.91 Å². The molecule has 0 radical (unpaired) electrons. The molecule has 1 amide bonds. The number of benzene rings is 1. The van der Waals surface area contributed by atoms with Gasteiger partial charge in [0.1, 0.15) is 0 Å². The van der Waals surface area contributed by atoms with E-state index >= 15 is 0 Å². The number of hydrogen-bond donors (Lipinski definition) is 1. The van der Waals surface area contributed by atoms with Crippen molar-refractivity contribution < 1.29 is 4.79 Å². The summed E-state index contributed by atoms with van der Waals surface area (Å²) >= 11 is 0. The van der Waals surface area contributed by atoms with Crippen LogP contribution in [0, 0.1) is 13.8 Å². The summed E-state index contributed by atoms with van der Waals surface area (Å²) in [5.74, 6) is -0.107. The summed E-state index contributed by atoms with van der Waals surface area (Å²) in [5.41, 5.74) is 3.48. The van der Waals surface area contributed by atoms with Crippen LogP contribution in [0.4, 0.5) is 5.69 Å². The van der Waals surface area contributed by atoms with E-state index in [1.165, 1.54) is 0 Å². The quantitative estimate of drug-likeness (QED) is 0.855. The molecule has 86 valence electrons. The molecule has 0 aliphatic rings. The number of anilines is 1. The minimum Gasteiger partial charge on any atom is -0.320 e. The summed E-state index contributed by atoms with van der Waals surface area (Å²) in [6.45, 7) is 3.90. The van der Waals surface area contributed by atoms with E-state index in [-0.39, 0.29) is 5.91 Å². The fourth-order valence-corrected chi connectivity index (χ4v) is 1.58. The molecular weight excluding hydrogens is 212 g/mol. The maximum Gasteiger partial charge on any atom is 0.255 e. The van der Waals surface area contributed by atoms with E-state index in [0.29, 0.717) is 5.56 Å². The second kappa shape index (κ2) is 4.78. The molecule has 1 aromatic carbocycles. The summed E-state index contributed by atoms with van der Waals surface area (Å²) in [7, 11) is 0. The van der Waals surface area contributed by atoms with Gasteiger partial charge in [-0.1, -0.05) is 17.7 Å². The molecule has 17 heavy (non-hydrogen) atoms. The van der Waals surface area contributed by atoms with Crippen molar-refractivity contribution in [3.8, 4) is 0 Å². The number of nitrogens with zero attached hydrogens (tertiary/aromatic N) is 1. The molecule has 1 aromatic heterocycles. The summed E-state index contributed by atoms with van der Waals surface area (Å²) < 4.78 is 0. The first kappa shape index (κ1) is 11.3. The number of nitrogens with one attached hydrogen (secondary N) is 1. The third-order valence-electron chi connectivity index (χ3n) is 2.57. The Morgan fingerprint density at radius 1 is 1.24 bits per heavy atom. The maximum atomic E-state index is 12.0. The van der Waals surface area contributed by atoms with Crippen molar-refractivity contribution in [3.63, 3.8) is 0 Å². The lowest BCUT2D eigenvalue weighted by atomic mass is 10.1. The number of pyridine rings is 1. The zero-order valence-corrected chi connectivity index (χ0v) is 9.90. The first-order valence-corrected chi connectivity index (χ1v) is 5.45. The zero-order chi connectivity index (χ0) is 12.3. The van der Waals surface area contributed by atoms with E-state index in [2.05, 4.69) is 10.3 Å². The summed E-state index contributed by atoms with van der Waals surface area (Å²) in [6.07, 6.45) is 3.36. The molecule has 2 rings (SSSR count). The van der Waals surface area contributed by atoms with Crippen molar-refractivity contribution in [1.29, 1.82) is 0 Å². The zero-order valence-electron chi connectivity index (χ0n) is 9.90. The van der Waals surface area contributed by atoms with Crippen LogP contribution in [0.15, 0.2) is 42.7 Å². The monoisotopic (exact) mass is 226 g/mol. The van der Waals surface area contributed by atoms with Gasteiger partial charge in [-0.25, -0.2) is 0 Å². The van der Waals surface area contributed by atoms with Crippen LogP contribution >= 0.6 is 0 Å². The smallest absolute Gasteiger partial charge is 0.255 e. The molecule has 0 bridgehead atoms. The van der Waals surface area contributed by atoms with E-state index in [0.717, 1.165) is 16.8 Å². The van der Waals surface area contributed by atoms with Gasteiger partial charge in [0, 0.05) is 11.8 Å². The lowest BCUT2D eigenvalue weighted by Gasteiger charge is -2.07. The molecule has 0 saturated carbocycles. The summed E-state index contributed by atoms with van der Waals surface area (Å²) in [5, 5.41) is 2.85. The highest BCUT2D eigenvalue weighted by Gasteiger charge is 2.07. The Morgan fingerprint density at radius 3 is 2.76 bits per heavy atom. The molecule has 3 nitrogen and oxygen atoms in total. The number of hydrogen-bond acceptors (Lipinski definition) is 2. The Balaban J connectivity index is 2.20. The Kier molecular flexibility index (Phi) is 3.19. The van der Waals surface area contributed by atoms with Gasteiger partial charge in [0.15, 0.2) is 0 Å². The van der Waals surface area contributed by atoms with Crippen molar-refractivity contribution in [3.05, 3.63) is 59.4 Å². The van der Waals surface area contributed by atoms with E-state index in [1.54, 1.807) is 18.5 Å². The van der Waals surface area contributed by atoms with Gasteiger partial charge >= 0.3 is 0 Å². The van der Waals surface area contributed by atoms with Gasteiger partial charge in [-0.15, -0.1) is 0 Å². The van der Waals surface area contributed by atoms with Gasteiger partial charge in [0.05, 0.1) is 11.9 Å². The van der Waals surface area contributed by atoms with Crippen LogP contribution in [-0.2, 0) is 0 Å². The highest BCUT2D eigenvalue weighted by atomic mass is 16.1. The topological polar surface area (TPSA) is 42.0 Å². The van der Waals surface area contributed by atoms with Crippen LogP contribution in [-0.4, -0.2) is 10.9 Å². The number of rotatable bonds is 2. The van der Waals surface area contributed by atoms with Gasteiger partial charge in [-0.2, -0.15) is 0 Å². The number of aromatic nitrogens is 1. The molecule has 0 spiro atoms. The van der Waals surface area contributed by atoms with Crippen LogP contribution in [0.3, 0.4) is 0 Å². The van der Waals surface area contributed by atoms with E-state index in [4.69, 9.17) is 0 Å². The highest BCUT2D eigenvalue weighted by Crippen LogP contribution is 2.13. The Labute approximate surface area is 101 Å². The lowest BCUT2D eigenvalue weighted by molar-refractivity contribution is 0.102. The molecule has 1 heterocycles. The van der Waals surface area contributed by atoms with Crippen molar-refractivity contribution in [1.82, 2.24) is 4.98 Å². The largest absolute Gasteiger partial charge is 0.320 e. The molecule has 2 aromatic rings. The molecule has 1 N–H and O–H groups in total. The fraction of sp³-hybridized carbons (Fsp3) is 0.143. The van der Waals surface area contributed by atoms with Gasteiger partial charge in [0.2, 0.25) is 0 Å². The highest BCUT2D eigenvalue weighted by molar-refractivity contribution is 6.04. The first-order chi connectivity index (χ1) is 8.16. The molecule has 0 aliphatic heterocycles. The molecular formula is C14H14N2O. The average Bonchev–Trinajstić information content (AvgIpc) is 2.32. The number of amides is 1. The SMILES string of the molecule is Cc1cccc(C(=O)Nc2cnccc2C)c1. The molecule has 3 heteroatoms. The summed E-state index contributed by atoms with van der Waals surface area (Å²) in [6, 6.07) is 9.37. The predicted octanol–water partition coefficient (Wildman–Crippen LogP) is 2.95. The Hall–Kier alpha value is -2.16. The van der Waals surface area contributed by atoms with Crippen molar-refractivity contribution in [2.24, 2.45) is 0 Å². The van der Waals surface area contributed by atoms with Crippen LogP contribution < -0.4 is 5.32 Å². The van der Waals surface area contributed by atoms with Crippen LogP contribution in [0.1, 0.15) is 21.5 Å².